The number of primary amides is 3. The molecule has 5 atom stereocenters. The lowest BCUT2D eigenvalue weighted by atomic mass is 9.98. The summed E-state index contributed by atoms with van der Waals surface area (Å²) in [5.74, 6) is -15.5. The Morgan fingerprint density at radius 1 is 0.367 bits per heavy atom. The second-order valence-electron chi connectivity index (χ2n) is 37.0. The molecule has 0 radical (unpaired) electrons. The Balaban J connectivity index is 0.808. The van der Waals surface area contributed by atoms with Gasteiger partial charge in [-0.1, -0.05) is 52.0 Å². The molecule has 3 aliphatic heterocycles. The largest absolute Gasteiger partial charge is 0.508 e. The highest BCUT2D eigenvalue weighted by molar-refractivity contribution is 5.97. The number of carbonyl (C=O) groups excluding carboxylic acids is 13. The number of unbranched alkanes of at least 4 members (excludes halogenated alkanes) is 1. The molecule has 13 amide bonds. The van der Waals surface area contributed by atoms with Crippen LogP contribution in [-0.4, -0.2) is 391 Å². The maximum Gasteiger partial charge on any atom is 0.320 e. The van der Waals surface area contributed by atoms with E-state index < -0.39 is 190 Å². The van der Waals surface area contributed by atoms with Crippen LogP contribution in [0.1, 0.15) is 187 Å². The highest BCUT2D eigenvalue weighted by Gasteiger charge is 2.37. The molecule has 5 heterocycles. The second-order valence-corrected chi connectivity index (χ2v) is 37.0. The van der Waals surface area contributed by atoms with E-state index in [1.165, 1.54) is 40.9 Å². The van der Waals surface area contributed by atoms with Crippen molar-refractivity contribution < 1.29 is 122 Å². The highest BCUT2D eigenvalue weighted by atomic mass is 16.4. The molecule has 3 saturated heterocycles. The van der Waals surface area contributed by atoms with E-state index in [9.17, 15) is 122 Å². The number of phenolic OH excluding ortho intramolecular Hbond substituents is 4. The third kappa shape index (κ3) is 35.5. The molecule has 50 nitrogen and oxygen atoms in total. The molecule has 3 aliphatic rings. The van der Waals surface area contributed by atoms with E-state index >= 15 is 0 Å². The molecular weight excluding hydrogens is 1920 g/mol. The van der Waals surface area contributed by atoms with Crippen molar-refractivity contribution >= 4 is 101 Å². The fraction of sp³-hybridized carbons (Fsp3) is 0.536. The Bertz CT molecular complexity index is 5590. The lowest BCUT2D eigenvalue weighted by molar-refractivity contribution is -0.145. The van der Waals surface area contributed by atoms with E-state index in [1.54, 1.807) is 60.0 Å². The number of hydrogen-bond donors (Lipinski definition) is 19. The molecule has 6 aromatic rings. The van der Waals surface area contributed by atoms with Crippen LogP contribution < -0.4 is 59.7 Å². The van der Waals surface area contributed by atoms with Crippen LogP contribution in [0, 0.1) is 0 Å². The van der Waals surface area contributed by atoms with Gasteiger partial charge in [0.15, 0.2) is 11.6 Å². The monoisotopic (exact) mass is 2050 g/mol. The number of nitrogens with zero attached hydrogens (tertiary/aromatic N) is 14. The van der Waals surface area contributed by atoms with Gasteiger partial charge in [-0.2, -0.15) is 0 Å². The zero-order valence-corrected chi connectivity index (χ0v) is 83.6. The summed E-state index contributed by atoms with van der Waals surface area (Å²) in [6, 6.07) is 12.8. The molecule has 0 unspecified atom stereocenters. The summed E-state index contributed by atoms with van der Waals surface area (Å²) in [7, 11) is 0. The molecule has 800 valence electrons. The van der Waals surface area contributed by atoms with E-state index in [-0.39, 0.29) is 198 Å². The molecule has 0 spiro atoms. The third-order valence-corrected chi connectivity index (χ3v) is 25.4. The van der Waals surface area contributed by atoms with E-state index in [0.717, 1.165) is 11.1 Å². The van der Waals surface area contributed by atoms with Crippen molar-refractivity contribution in [1.82, 2.24) is 111 Å². The number of phenols is 4. The number of carboxylic acids is 4. The Morgan fingerprint density at radius 3 is 1.16 bits per heavy atom. The predicted octanol–water partition coefficient (Wildman–Crippen LogP) is -1.24. The number of benzene rings is 4. The van der Waals surface area contributed by atoms with Crippen LogP contribution in [0.5, 0.6) is 23.0 Å². The average Bonchev–Trinajstić information content (AvgIpc) is 1.64. The number of carboxylic acid groups (broad SMARTS) is 4. The highest BCUT2D eigenvalue weighted by Crippen LogP contribution is 2.41. The number of piperazine rings is 2. The molecule has 50 heteroatoms. The van der Waals surface area contributed by atoms with E-state index in [2.05, 4.69) is 72.7 Å². The van der Waals surface area contributed by atoms with Crippen LogP contribution in [-0.2, 0) is 85.0 Å². The first-order chi connectivity index (χ1) is 70.0. The lowest BCUT2D eigenvalue weighted by Crippen LogP contribution is -2.57. The minimum atomic E-state index is -1.73. The van der Waals surface area contributed by atoms with Crippen LogP contribution in [0.4, 0.5) is 0 Å². The van der Waals surface area contributed by atoms with Crippen molar-refractivity contribution in [1.29, 1.82) is 0 Å². The number of aromatic hydroxyl groups is 4. The van der Waals surface area contributed by atoms with Gasteiger partial charge in [-0.05, 0) is 129 Å². The Morgan fingerprint density at radius 2 is 0.755 bits per heavy atom. The smallest absolute Gasteiger partial charge is 0.320 e. The molecular formula is C97H137N25O25. The zero-order valence-electron chi connectivity index (χ0n) is 83.6. The molecule has 0 bridgehead atoms. The summed E-state index contributed by atoms with van der Waals surface area (Å²) in [5, 5.41) is 121. The fourth-order valence-corrected chi connectivity index (χ4v) is 17.4. The van der Waals surface area contributed by atoms with Gasteiger partial charge in [0.25, 0.3) is 11.8 Å². The van der Waals surface area contributed by atoms with Crippen LogP contribution in [0.2, 0.25) is 0 Å². The fourth-order valence-electron chi connectivity index (χ4n) is 17.4. The average molecular weight is 2050 g/mol. The molecule has 0 saturated carbocycles. The van der Waals surface area contributed by atoms with Crippen LogP contribution in [0.25, 0.3) is 34.2 Å². The number of aliphatic carboxylic acids is 4. The molecule has 9 rings (SSSR count). The van der Waals surface area contributed by atoms with Gasteiger partial charge in [-0.3, -0.25) is 120 Å². The SMILES string of the molecule is CCNC(=O)c1nnc(-c2cc(C(C)C)c(O)cc2O)n1-c1ccc(CN2CCN(C(=O)CCC(=O)N[C@@H](CCCCNC(=O)CCNC(=O)[C@H](CCC(N)=O)NC(=O)[C@H](CCC(N)=O)NC(=O)[C@H](CCC(N)=O)NC(=O)CC[C@H](C(=O)O)N3CCN(CC(=O)O)CCN(CC(=O)O)CCN(CC(=O)O)CC3)C(=O)N3CCN(Cc4ccc(-n5c(C(=O)NCC)nnc5-c5cc(C(C)C)c(O)cc5O)cc4)CC3)CC2)cc1. The first kappa shape index (κ1) is 116. The van der Waals surface area contributed by atoms with Gasteiger partial charge in [0.05, 0.1) is 30.8 Å². The number of rotatable bonds is 53. The molecule has 2 aromatic heterocycles. The topological polar surface area (TPSA) is 714 Å². The predicted molar refractivity (Wildman–Crippen MR) is 529 cm³/mol. The third-order valence-electron chi connectivity index (χ3n) is 25.4. The second kappa shape index (κ2) is 56.6. The summed E-state index contributed by atoms with van der Waals surface area (Å²) in [5.41, 5.74) is 20.8. The minimum absolute atomic E-state index is 0.0225. The summed E-state index contributed by atoms with van der Waals surface area (Å²) >= 11 is 0. The van der Waals surface area contributed by atoms with E-state index in [4.69, 9.17) is 17.2 Å². The van der Waals surface area contributed by atoms with Gasteiger partial charge in [0.1, 0.15) is 53.2 Å². The Kier molecular flexibility index (Phi) is 44.5. The van der Waals surface area contributed by atoms with Gasteiger partial charge >= 0.3 is 23.9 Å². The zero-order chi connectivity index (χ0) is 107. The number of nitrogens with one attached hydrogen (secondary N) is 8. The number of nitrogens with two attached hydrogens (primary N) is 3. The van der Waals surface area contributed by atoms with E-state index in [1.807, 2.05) is 52.0 Å². The standard InChI is InChI=1S/C97H137N25O25/c1-7-101-94(143)89-111-109-87(66-49-64(58(3)4)73(123)51-75(66)125)121(89)62-16-12-60(13-17-62)53-113-39-45-119(46-40-113)83(133)29-28-82(132)106-71(96(145)120-47-41-114(42-48-120)54-61-14-18-63(19-15-61)122-88(110-112-90(122)95(144)102-8-2)67-50-65(59(5)6)74(124)52-76(67)126)11-9-10-31-103-80(130)30-32-104-91(140)68(20-24-77(98)127)107-93(142)70(22-26-79(100)129)108-92(141)69(21-25-78(99)128)105-81(131)27-23-72(97(146)147)118-43-37-116(56-85(136)137)35-33-115(55-84(134)135)34-36-117(38-44-118)57-86(138)139/h12-19,49-52,58-59,68-72,123-126H,7-11,20-48,53-57H2,1-6H3,(H2,98,127)(H2,99,128)(H2,100,129)(H,101,143)(H,102,144)(H,103,130)(H,104,140)(H,105,131)(H,106,132)(H,107,142)(H,108,141)(H,134,135)(H,136,137)(H,138,139)(H,146,147)/t68-,69-,70-,71-,72+/m0/s1. The van der Waals surface area contributed by atoms with Gasteiger partial charge in [0, 0.05) is 212 Å². The van der Waals surface area contributed by atoms with Gasteiger partial charge in [-0.15, -0.1) is 20.4 Å². The Labute approximate surface area is 848 Å². The maximum absolute atomic E-state index is 14.8. The van der Waals surface area contributed by atoms with Crippen molar-refractivity contribution in [3.63, 3.8) is 0 Å². The van der Waals surface area contributed by atoms with Crippen molar-refractivity contribution in [2.24, 2.45) is 17.2 Å². The van der Waals surface area contributed by atoms with Crippen molar-refractivity contribution in [3.8, 4) is 57.1 Å². The quantitative estimate of drug-likeness (QED) is 0.0199. The van der Waals surface area contributed by atoms with Crippen LogP contribution in [0.15, 0.2) is 72.8 Å². The molecule has 22 N–H and O–H groups in total. The molecule has 3 fully saturated rings. The first-order valence-corrected chi connectivity index (χ1v) is 49.2. The van der Waals surface area contributed by atoms with Gasteiger partial charge in [-0.25, -0.2) is 0 Å². The summed E-state index contributed by atoms with van der Waals surface area (Å²) in [6.45, 7) is 13.6. The van der Waals surface area contributed by atoms with Gasteiger partial charge < -0.3 is 110 Å². The number of aromatic nitrogens is 6. The lowest BCUT2D eigenvalue weighted by Gasteiger charge is -2.36. The first-order valence-electron chi connectivity index (χ1n) is 49.2. The minimum Gasteiger partial charge on any atom is -0.508 e. The van der Waals surface area contributed by atoms with E-state index in [0.29, 0.717) is 87.9 Å². The number of hydrogen-bond acceptors (Lipinski definition) is 31. The van der Waals surface area contributed by atoms with Gasteiger partial charge in [0.2, 0.25) is 76.6 Å². The Hall–Kier alpha value is -14.9. The van der Waals surface area contributed by atoms with Crippen molar-refractivity contribution in [3.05, 3.63) is 107 Å². The summed E-state index contributed by atoms with van der Waals surface area (Å²) < 4.78 is 3.06. The maximum atomic E-state index is 14.8. The molecule has 147 heavy (non-hydrogen) atoms. The van der Waals surface area contributed by atoms with Crippen LogP contribution >= 0.6 is 0 Å². The van der Waals surface area contributed by atoms with Crippen molar-refractivity contribution in [2.75, 3.05) is 151 Å². The molecule has 0 aliphatic carbocycles. The normalized spacial score (nSPS) is 15.5. The number of amides is 13. The summed E-state index contributed by atoms with van der Waals surface area (Å²) in [6.07, 6.45) is -4.17. The number of carbonyl (C=O) groups is 17. The van der Waals surface area contributed by atoms with Crippen molar-refractivity contribution in [2.45, 2.75) is 187 Å². The van der Waals surface area contributed by atoms with Crippen LogP contribution in [0.3, 0.4) is 0 Å². The molecule has 4 aromatic carbocycles. The summed E-state index contributed by atoms with van der Waals surface area (Å²) in [4.78, 5) is 238.